The van der Waals surface area contributed by atoms with Crippen molar-refractivity contribution in [3.05, 3.63) is 0 Å². The Hall–Kier alpha value is 0.00636. The van der Waals surface area contributed by atoms with E-state index in [2.05, 4.69) is 0 Å². The van der Waals surface area contributed by atoms with Crippen molar-refractivity contribution in [2.75, 3.05) is 0 Å². The van der Waals surface area contributed by atoms with Gasteiger partial charge < -0.3 is 25.5 Å². The van der Waals surface area contributed by atoms with E-state index in [4.69, 9.17) is 10.5 Å². The quantitative estimate of drug-likeness (QED) is 0.262. The van der Waals surface area contributed by atoms with Crippen LogP contribution in [0.25, 0.3) is 0 Å². The minimum Gasteiger partial charge on any atom is -0.549 e. The average molecular weight is 424 g/mol. The molecular formula is C20H34KNO6. The van der Waals surface area contributed by atoms with Gasteiger partial charge in [-0.05, 0) is 46.0 Å². The van der Waals surface area contributed by atoms with Crippen molar-refractivity contribution in [1.82, 2.24) is 0 Å². The van der Waals surface area contributed by atoms with Crippen molar-refractivity contribution in [1.29, 1.82) is 0 Å². The van der Waals surface area contributed by atoms with E-state index in [-0.39, 0.29) is 70.6 Å². The van der Waals surface area contributed by atoms with Gasteiger partial charge in [-0.15, -0.1) is 0 Å². The predicted molar refractivity (Wildman–Crippen MR) is 98.6 cm³/mol. The van der Waals surface area contributed by atoms with Crippen molar-refractivity contribution in [3.8, 4) is 0 Å². The molecule has 0 aliphatic heterocycles. The molecule has 0 heterocycles. The number of carbonyl (C=O) groups excluding carboxylic acids is 2. The van der Waals surface area contributed by atoms with Crippen LogP contribution in [0, 0.1) is 11.3 Å². The summed E-state index contributed by atoms with van der Waals surface area (Å²) in [5, 5.41) is 21.3. The van der Waals surface area contributed by atoms with Crippen LogP contribution in [0.2, 0.25) is 0 Å². The third kappa shape index (κ3) is 9.22. The van der Waals surface area contributed by atoms with Crippen LogP contribution in [0.15, 0.2) is 0 Å². The van der Waals surface area contributed by atoms with Crippen LogP contribution in [0.1, 0.15) is 85.0 Å². The predicted octanol–water partition coefficient (Wildman–Crippen LogP) is -0.989. The summed E-state index contributed by atoms with van der Waals surface area (Å²) in [5.74, 6) is -3.17. The molecule has 2 atom stereocenters. The van der Waals surface area contributed by atoms with E-state index in [0.717, 1.165) is 19.3 Å². The van der Waals surface area contributed by atoms with Crippen molar-refractivity contribution in [3.63, 3.8) is 0 Å². The topological polar surface area (TPSA) is 130 Å². The fourth-order valence-corrected chi connectivity index (χ4v) is 3.70. The number of carbonyl (C=O) groups is 3. The Balaban J connectivity index is 0.00000729. The van der Waals surface area contributed by atoms with Crippen LogP contribution in [0.5, 0.6) is 0 Å². The second-order valence-electron chi connectivity index (χ2n) is 8.75. The van der Waals surface area contributed by atoms with Gasteiger partial charge in [-0.3, -0.25) is 9.59 Å². The van der Waals surface area contributed by atoms with Gasteiger partial charge >= 0.3 is 63.3 Å². The van der Waals surface area contributed by atoms with Crippen LogP contribution in [-0.2, 0) is 19.1 Å². The molecule has 0 amide bonds. The fourth-order valence-electron chi connectivity index (χ4n) is 3.70. The third-order valence-corrected chi connectivity index (χ3v) is 5.33. The average Bonchev–Trinajstić information content (AvgIpc) is 2.56. The van der Waals surface area contributed by atoms with E-state index in [1.54, 1.807) is 20.8 Å². The number of nitrogens with two attached hydrogens (primary N) is 1. The molecule has 2 unspecified atom stereocenters. The maximum atomic E-state index is 12.0. The summed E-state index contributed by atoms with van der Waals surface area (Å²) in [6.07, 6.45) is 6.81. The summed E-state index contributed by atoms with van der Waals surface area (Å²) in [6, 6.07) is -1.07. The zero-order chi connectivity index (χ0) is 20.7. The smallest absolute Gasteiger partial charge is 0.549 e. The maximum absolute atomic E-state index is 12.0. The van der Waals surface area contributed by atoms with Gasteiger partial charge in [0, 0.05) is 0 Å². The Morgan fingerprint density at radius 2 is 1.71 bits per heavy atom. The Labute approximate surface area is 210 Å². The van der Waals surface area contributed by atoms with Crippen LogP contribution in [0.3, 0.4) is 0 Å². The molecule has 1 fully saturated rings. The minimum atomic E-state index is -2.02. The summed E-state index contributed by atoms with van der Waals surface area (Å²) in [7, 11) is 0. The first-order chi connectivity index (χ1) is 12.5. The van der Waals surface area contributed by atoms with Crippen molar-refractivity contribution >= 4 is 17.9 Å². The molecule has 1 aliphatic carbocycles. The van der Waals surface area contributed by atoms with E-state index < -0.39 is 35.0 Å². The Morgan fingerprint density at radius 1 is 1.14 bits per heavy atom. The number of esters is 1. The zero-order valence-electron chi connectivity index (χ0n) is 17.8. The first-order valence-corrected chi connectivity index (χ1v) is 9.91. The second-order valence-corrected chi connectivity index (χ2v) is 8.75. The van der Waals surface area contributed by atoms with Gasteiger partial charge in [-0.1, -0.05) is 44.9 Å². The van der Waals surface area contributed by atoms with Crippen molar-refractivity contribution in [2.45, 2.75) is 96.6 Å². The molecule has 8 heteroatoms. The van der Waals surface area contributed by atoms with Gasteiger partial charge in [0.15, 0.2) is 0 Å². The molecule has 7 nitrogen and oxygen atoms in total. The van der Waals surface area contributed by atoms with Crippen molar-refractivity contribution in [2.24, 2.45) is 17.1 Å². The molecule has 0 saturated heterocycles. The van der Waals surface area contributed by atoms with E-state index in [1.165, 1.54) is 19.3 Å². The molecule has 1 aliphatic rings. The number of ether oxygens (including phenoxy) is 1. The van der Waals surface area contributed by atoms with Crippen LogP contribution in [0.4, 0.5) is 0 Å². The number of hydrogen-bond acceptors (Lipinski definition) is 6. The van der Waals surface area contributed by atoms with E-state index in [0.29, 0.717) is 12.3 Å². The summed E-state index contributed by atoms with van der Waals surface area (Å²) in [6.45, 7) is 5.10. The largest absolute Gasteiger partial charge is 1.00 e. The van der Waals surface area contributed by atoms with E-state index in [9.17, 15) is 24.6 Å². The molecule has 0 radical (unpaired) electrons. The van der Waals surface area contributed by atoms with Gasteiger partial charge in [0.1, 0.15) is 17.1 Å². The number of carboxylic acids is 2. The standard InChI is InChI=1S/C20H35NO6.K/c1-19(2,3)27-16(22)15(21)11-13-20(17(23)24,18(25)26)12-7-10-14-8-5-4-6-9-14;/h14-15H,4-13,21H2,1-3H3,(H,23,24)(H,25,26);/q;+1/p-1. The normalized spacial score (nSPS) is 18.4. The molecule has 0 bridgehead atoms. The Kier molecular flexibility index (Phi) is 12.6. The summed E-state index contributed by atoms with van der Waals surface area (Å²) >= 11 is 0. The summed E-state index contributed by atoms with van der Waals surface area (Å²) < 4.78 is 5.17. The molecule has 156 valence electrons. The number of carboxylic acid groups (broad SMARTS) is 2. The van der Waals surface area contributed by atoms with Gasteiger partial charge in [0.05, 0.1) is 5.97 Å². The van der Waals surface area contributed by atoms with Gasteiger partial charge in [0.2, 0.25) is 0 Å². The molecule has 1 saturated carbocycles. The first-order valence-electron chi connectivity index (χ1n) is 9.91. The number of rotatable bonds is 10. The van der Waals surface area contributed by atoms with E-state index >= 15 is 0 Å². The fraction of sp³-hybridized carbons (Fsp3) is 0.850. The second kappa shape index (κ2) is 12.6. The molecule has 0 spiro atoms. The molecule has 0 aromatic carbocycles. The Morgan fingerprint density at radius 3 is 2.18 bits per heavy atom. The minimum absolute atomic E-state index is 0. The molecular weight excluding hydrogens is 389 g/mol. The van der Waals surface area contributed by atoms with Gasteiger partial charge in [0.25, 0.3) is 0 Å². The molecule has 0 aromatic rings. The molecule has 1 rings (SSSR count). The van der Waals surface area contributed by atoms with Crippen LogP contribution >= 0.6 is 0 Å². The summed E-state index contributed by atoms with van der Waals surface area (Å²) in [5.41, 5.74) is 3.06. The molecule has 0 aromatic heterocycles. The third-order valence-electron chi connectivity index (χ3n) is 5.33. The monoisotopic (exact) mass is 423 g/mol. The number of hydrogen-bond donors (Lipinski definition) is 2. The number of aliphatic carboxylic acids is 2. The maximum Gasteiger partial charge on any atom is 1.00 e. The van der Waals surface area contributed by atoms with E-state index in [1.807, 2.05) is 0 Å². The SMILES string of the molecule is CC(C)(C)OC(=O)C(N)CCC(CCCC1CCCCC1)(C(=O)[O-])C(=O)O.[K+]. The Bertz CT molecular complexity index is 511. The van der Waals surface area contributed by atoms with Crippen LogP contribution < -0.4 is 62.2 Å². The zero-order valence-corrected chi connectivity index (χ0v) is 20.9. The molecule has 3 N–H and O–H groups in total. The van der Waals surface area contributed by atoms with Crippen molar-refractivity contribution < 1.29 is 80.7 Å². The van der Waals surface area contributed by atoms with Crippen LogP contribution in [-0.4, -0.2) is 34.7 Å². The molecule has 28 heavy (non-hydrogen) atoms. The summed E-state index contributed by atoms with van der Waals surface area (Å²) in [4.78, 5) is 35.5. The van der Waals surface area contributed by atoms with Gasteiger partial charge in [-0.25, -0.2) is 0 Å². The van der Waals surface area contributed by atoms with Gasteiger partial charge in [-0.2, -0.15) is 0 Å². The first kappa shape index (κ1) is 28.0.